The summed E-state index contributed by atoms with van der Waals surface area (Å²) in [4.78, 5) is 4.11. The summed E-state index contributed by atoms with van der Waals surface area (Å²) < 4.78 is 48.0. The van der Waals surface area contributed by atoms with Gasteiger partial charge in [0.25, 0.3) is 0 Å². The first-order valence-corrected chi connectivity index (χ1v) is 9.73. The van der Waals surface area contributed by atoms with E-state index in [9.17, 15) is 12.8 Å². The molecule has 2 heterocycles. The van der Waals surface area contributed by atoms with E-state index in [2.05, 4.69) is 14.8 Å². The number of rotatable bonds is 7. The minimum Gasteiger partial charge on any atom is -0.491 e. The Morgan fingerprint density at radius 1 is 1.26 bits per heavy atom. The van der Waals surface area contributed by atoms with Crippen molar-refractivity contribution in [2.75, 3.05) is 6.61 Å². The Bertz CT molecular complexity index is 1050. The Kier molecular flexibility index (Phi) is 5.52. The first kappa shape index (κ1) is 19.0. The third-order valence-electron chi connectivity index (χ3n) is 3.80. The standard InChI is InChI=1S/C18H19FN4O3S/c1-3-26-18-5-4-15(9-16(18)19)27(24,25)22-10-13-6-7-20-17(8-13)14-11-21-23(2)12-14/h4-9,11-12,22H,3,10H2,1-2H3. The van der Waals surface area contributed by atoms with E-state index in [1.165, 1.54) is 12.1 Å². The molecule has 0 aliphatic heterocycles. The Hall–Kier alpha value is -2.78. The summed E-state index contributed by atoms with van der Waals surface area (Å²) in [5, 5.41) is 4.10. The zero-order chi connectivity index (χ0) is 19.4. The molecule has 0 unspecified atom stereocenters. The molecule has 1 N–H and O–H groups in total. The van der Waals surface area contributed by atoms with Gasteiger partial charge in [0.05, 0.1) is 23.4 Å². The molecule has 0 aliphatic rings. The summed E-state index contributed by atoms with van der Waals surface area (Å²) in [7, 11) is -2.07. The highest BCUT2D eigenvalue weighted by atomic mass is 32.2. The Morgan fingerprint density at radius 3 is 2.74 bits per heavy atom. The van der Waals surface area contributed by atoms with Gasteiger partial charge in [0.2, 0.25) is 10.0 Å². The van der Waals surface area contributed by atoms with Gasteiger partial charge in [-0.25, -0.2) is 17.5 Å². The average Bonchev–Trinajstić information content (AvgIpc) is 3.09. The number of hydrogen-bond acceptors (Lipinski definition) is 5. The van der Waals surface area contributed by atoms with E-state index in [0.717, 1.165) is 17.2 Å². The molecule has 0 saturated carbocycles. The molecule has 0 atom stereocenters. The van der Waals surface area contributed by atoms with Gasteiger partial charge in [0, 0.05) is 31.5 Å². The Labute approximate surface area is 156 Å². The van der Waals surface area contributed by atoms with Crippen LogP contribution in [0.2, 0.25) is 0 Å². The molecule has 0 spiro atoms. The summed E-state index contributed by atoms with van der Waals surface area (Å²) in [6.07, 6.45) is 5.10. The molecule has 1 aromatic carbocycles. The number of aromatic nitrogens is 3. The van der Waals surface area contributed by atoms with Gasteiger partial charge in [-0.15, -0.1) is 0 Å². The summed E-state index contributed by atoms with van der Waals surface area (Å²) in [5.74, 6) is -0.700. The van der Waals surface area contributed by atoms with Crippen molar-refractivity contribution in [3.05, 3.63) is 60.3 Å². The molecule has 2 aromatic heterocycles. The van der Waals surface area contributed by atoms with E-state index in [1.54, 1.807) is 43.2 Å². The molecular formula is C18H19FN4O3S. The highest BCUT2D eigenvalue weighted by molar-refractivity contribution is 7.89. The van der Waals surface area contributed by atoms with Gasteiger partial charge in [0.15, 0.2) is 11.6 Å². The zero-order valence-corrected chi connectivity index (χ0v) is 15.7. The summed E-state index contributed by atoms with van der Waals surface area (Å²) in [5.41, 5.74) is 2.24. The molecule has 27 heavy (non-hydrogen) atoms. The molecule has 3 rings (SSSR count). The summed E-state index contributed by atoms with van der Waals surface area (Å²) >= 11 is 0. The average molecular weight is 390 g/mol. The predicted octanol–water partition coefficient (Wildman–Crippen LogP) is 2.50. The second kappa shape index (κ2) is 7.85. The van der Waals surface area contributed by atoms with Gasteiger partial charge < -0.3 is 4.74 Å². The van der Waals surface area contributed by atoms with E-state index < -0.39 is 15.8 Å². The van der Waals surface area contributed by atoms with Gasteiger partial charge in [-0.1, -0.05) is 0 Å². The number of halogens is 1. The van der Waals surface area contributed by atoms with E-state index in [-0.39, 0.29) is 17.2 Å². The first-order valence-electron chi connectivity index (χ1n) is 8.25. The molecule has 0 fully saturated rings. The van der Waals surface area contributed by atoms with Crippen LogP contribution in [0.4, 0.5) is 4.39 Å². The summed E-state index contributed by atoms with van der Waals surface area (Å²) in [6, 6.07) is 7.05. The number of nitrogens with one attached hydrogen (secondary N) is 1. The fourth-order valence-electron chi connectivity index (χ4n) is 2.48. The molecule has 0 amide bonds. The minimum absolute atomic E-state index is 0.0201. The smallest absolute Gasteiger partial charge is 0.240 e. The van der Waals surface area contributed by atoms with Crippen molar-refractivity contribution in [3.8, 4) is 17.0 Å². The lowest BCUT2D eigenvalue weighted by molar-refractivity contribution is 0.321. The number of ether oxygens (including phenoxy) is 1. The van der Waals surface area contributed by atoms with Crippen molar-refractivity contribution in [2.24, 2.45) is 7.05 Å². The largest absolute Gasteiger partial charge is 0.491 e. The summed E-state index contributed by atoms with van der Waals surface area (Å²) in [6.45, 7) is 2.07. The van der Waals surface area contributed by atoms with E-state index in [1.807, 2.05) is 6.20 Å². The van der Waals surface area contributed by atoms with Crippen LogP contribution in [0.1, 0.15) is 12.5 Å². The van der Waals surface area contributed by atoms with Crippen LogP contribution in [0, 0.1) is 5.82 Å². The van der Waals surface area contributed by atoms with Crippen LogP contribution in [-0.2, 0) is 23.6 Å². The maximum atomic E-state index is 13.9. The SMILES string of the molecule is CCOc1ccc(S(=O)(=O)NCc2ccnc(-c3cnn(C)c3)c2)cc1F. The Balaban J connectivity index is 1.75. The van der Waals surface area contributed by atoms with Crippen LogP contribution in [0.3, 0.4) is 0 Å². The highest BCUT2D eigenvalue weighted by Gasteiger charge is 2.17. The lowest BCUT2D eigenvalue weighted by Crippen LogP contribution is -2.23. The van der Waals surface area contributed by atoms with Crippen molar-refractivity contribution in [3.63, 3.8) is 0 Å². The molecule has 0 bridgehead atoms. The van der Waals surface area contributed by atoms with Crippen molar-refractivity contribution in [1.82, 2.24) is 19.5 Å². The molecule has 9 heteroatoms. The number of sulfonamides is 1. The maximum Gasteiger partial charge on any atom is 0.240 e. The van der Waals surface area contributed by atoms with Crippen LogP contribution in [0.15, 0.2) is 53.8 Å². The molecule has 0 aliphatic carbocycles. The first-order chi connectivity index (χ1) is 12.9. The van der Waals surface area contributed by atoms with Crippen LogP contribution >= 0.6 is 0 Å². The number of aryl methyl sites for hydroxylation is 1. The zero-order valence-electron chi connectivity index (χ0n) is 14.9. The topological polar surface area (TPSA) is 86.1 Å². The molecular weight excluding hydrogens is 371 g/mol. The number of nitrogens with zero attached hydrogens (tertiary/aromatic N) is 3. The normalized spacial score (nSPS) is 11.5. The third-order valence-corrected chi connectivity index (χ3v) is 5.20. The second-order valence-electron chi connectivity index (χ2n) is 5.80. The van der Waals surface area contributed by atoms with Gasteiger partial charge in [-0.2, -0.15) is 5.10 Å². The van der Waals surface area contributed by atoms with Gasteiger partial charge >= 0.3 is 0 Å². The van der Waals surface area contributed by atoms with Gasteiger partial charge in [-0.3, -0.25) is 9.67 Å². The third kappa shape index (κ3) is 4.50. The van der Waals surface area contributed by atoms with Gasteiger partial charge in [0.1, 0.15) is 0 Å². The molecule has 0 radical (unpaired) electrons. The van der Waals surface area contributed by atoms with Crippen molar-refractivity contribution in [2.45, 2.75) is 18.4 Å². The molecule has 7 nitrogen and oxygen atoms in total. The maximum absolute atomic E-state index is 13.9. The van der Waals surface area contributed by atoms with Crippen LogP contribution in [0.25, 0.3) is 11.3 Å². The Morgan fingerprint density at radius 2 is 2.07 bits per heavy atom. The number of hydrogen-bond donors (Lipinski definition) is 1. The number of pyridine rings is 1. The predicted molar refractivity (Wildman–Crippen MR) is 98.0 cm³/mol. The van der Waals surface area contributed by atoms with E-state index in [4.69, 9.17) is 4.74 Å². The van der Waals surface area contributed by atoms with E-state index in [0.29, 0.717) is 12.3 Å². The fourth-order valence-corrected chi connectivity index (χ4v) is 3.51. The highest BCUT2D eigenvalue weighted by Crippen LogP contribution is 2.21. The monoisotopic (exact) mass is 390 g/mol. The molecule has 0 saturated heterocycles. The van der Waals surface area contributed by atoms with Crippen LogP contribution in [0.5, 0.6) is 5.75 Å². The van der Waals surface area contributed by atoms with Gasteiger partial charge in [-0.05, 0) is 42.8 Å². The fraction of sp³-hybridized carbons (Fsp3) is 0.222. The van der Waals surface area contributed by atoms with Crippen molar-refractivity contribution in [1.29, 1.82) is 0 Å². The molecule has 142 valence electrons. The van der Waals surface area contributed by atoms with E-state index >= 15 is 0 Å². The lowest BCUT2D eigenvalue weighted by Gasteiger charge is -2.09. The van der Waals surface area contributed by atoms with Crippen molar-refractivity contribution >= 4 is 10.0 Å². The minimum atomic E-state index is -3.87. The van der Waals surface area contributed by atoms with Crippen molar-refractivity contribution < 1.29 is 17.5 Å². The van der Waals surface area contributed by atoms with Crippen LogP contribution in [-0.4, -0.2) is 29.8 Å². The van der Waals surface area contributed by atoms with Crippen LogP contribution < -0.4 is 9.46 Å². The number of benzene rings is 1. The molecule has 3 aromatic rings. The quantitative estimate of drug-likeness (QED) is 0.670. The lowest BCUT2D eigenvalue weighted by atomic mass is 10.2. The second-order valence-corrected chi connectivity index (χ2v) is 7.57.